The first-order valence-electron chi connectivity index (χ1n) is 6.37. The number of benzene rings is 2. The molecule has 22 heavy (non-hydrogen) atoms. The number of para-hydroxylation sites is 2. The van der Waals surface area contributed by atoms with Gasteiger partial charge in [-0.25, -0.2) is 0 Å². The van der Waals surface area contributed by atoms with Crippen molar-refractivity contribution in [1.29, 1.82) is 0 Å². The molecule has 2 aromatic carbocycles. The fraction of sp³-hybridized carbons (Fsp3) is 0.133. The highest BCUT2D eigenvalue weighted by Crippen LogP contribution is 2.28. The molecule has 0 radical (unpaired) electrons. The number of carbonyl (C=O) groups excluding carboxylic acids is 1. The molecular formula is C15H14BrNO4S. The van der Waals surface area contributed by atoms with E-state index in [9.17, 15) is 13.2 Å². The molecule has 2 rings (SSSR count). The largest absolute Gasteiger partial charge is 0.377 e. The summed E-state index contributed by atoms with van der Waals surface area (Å²) in [5.74, 6) is -0.244. The third-order valence-electron chi connectivity index (χ3n) is 2.82. The van der Waals surface area contributed by atoms with Crippen LogP contribution in [0.2, 0.25) is 0 Å². The zero-order valence-electron chi connectivity index (χ0n) is 12.0. The lowest BCUT2D eigenvalue weighted by Crippen LogP contribution is -2.13. The monoisotopic (exact) mass is 383 g/mol. The fourth-order valence-corrected chi connectivity index (χ4v) is 3.05. The number of carbonyl (C=O) groups is 1. The van der Waals surface area contributed by atoms with E-state index < -0.39 is 10.1 Å². The van der Waals surface area contributed by atoms with Crippen molar-refractivity contribution in [3.05, 3.63) is 52.5 Å². The average molecular weight is 384 g/mol. The Morgan fingerprint density at radius 2 is 1.86 bits per heavy atom. The normalized spacial score (nSPS) is 11.0. The van der Waals surface area contributed by atoms with Gasteiger partial charge in [-0.15, -0.1) is 0 Å². The van der Waals surface area contributed by atoms with Gasteiger partial charge in [0, 0.05) is 11.4 Å². The lowest BCUT2D eigenvalue weighted by atomic mass is 10.2. The Labute approximate surface area is 137 Å². The van der Waals surface area contributed by atoms with Crippen LogP contribution in [0.1, 0.15) is 12.5 Å². The van der Waals surface area contributed by atoms with E-state index in [0.717, 1.165) is 10.0 Å². The van der Waals surface area contributed by atoms with Crippen molar-refractivity contribution in [1.82, 2.24) is 0 Å². The van der Waals surface area contributed by atoms with Crippen molar-refractivity contribution in [3.8, 4) is 5.75 Å². The van der Waals surface area contributed by atoms with Crippen LogP contribution >= 0.6 is 15.9 Å². The molecule has 2 aromatic rings. The van der Waals surface area contributed by atoms with Gasteiger partial charge in [0.15, 0.2) is 5.75 Å². The number of anilines is 1. The molecule has 116 valence electrons. The Balaban J connectivity index is 2.36. The highest BCUT2D eigenvalue weighted by Gasteiger charge is 2.19. The van der Waals surface area contributed by atoms with Crippen LogP contribution in [0.3, 0.4) is 0 Å². The van der Waals surface area contributed by atoms with E-state index in [2.05, 4.69) is 21.2 Å². The first-order chi connectivity index (χ1) is 10.3. The minimum atomic E-state index is -3.98. The Morgan fingerprint density at radius 3 is 2.50 bits per heavy atom. The molecule has 0 aromatic heterocycles. The highest BCUT2D eigenvalue weighted by atomic mass is 79.9. The van der Waals surface area contributed by atoms with Crippen LogP contribution in [0.5, 0.6) is 5.75 Å². The Hall–Kier alpha value is -1.86. The summed E-state index contributed by atoms with van der Waals surface area (Å²) in [6, 6.07) is 11.0. The minimum Gasteiger partial charge on any atom is -0.377 e. The standard InChI is InChI=1S/C15H14BrNO4S/c1-10-9-12(7-8-13(10)16)22(19,20)21-15-6-4-3-5-14(15)17-11(2)18/h3-9H,1-2H3,(H,17,18). The summed E-state index contributed by atoms with van der Waals surface area (Å²) in [4.78, 5) is 11.2. The smallest absolute Gasteiger partial charge is 0.339 e. The number of rotatable bonds is 4. The number of hydrogen-bond acceptors (Lipinski definition) is 4. The van der Waals surface area contributed by atoms with Crippen molar-refractivity contribution >= 4 is 37.6 Å². The van der Waals surface area contributed by atoms with E-state index in [0.29, 0.717) is 5.69 Å². The number of hydrogen-bond donors (Lipinski definition) is 1. The van der Waals surface area contributed by atoms with Crippen LogP contribution in [-0.2, 0) is 14.9 Å². The van der Waals surface area contributed by atoms with Crippen molar-refractivity contribution in [2.24, 2.45) is 0 Å². The lowest BCUT2D eigenvalue weighted by molar-refractivity contribution is -0.114. The summed E-state index contributed by atoms with van der Waals surface area (Å²) >= 11 is 3.32. The molecule has 0 unspecified atom stereocenters. The lowest BCUT2D eigenvalue weighted by Gasteiger charge is -2.12. The predicted molar refractivity (Wildman–Crippen MR) is 87.4 cm³/mol. The van der Waals surface area contributed by atoms with Crippen LogP contribution in [-0.4, -0.2) is 14.3 Å². The van der Waals surface area contributed by atoms with Gasteiger partial charge in [0.2, 0.25) is 5.91 Å². The number of aryl methyl sites for hydroxylation is 1. The first-order valence-corrected chi connectivity index (χ1v) is 8.57. The first kappa shape index (κ1) is 16.5. The van der Waals surface area contributed by atoms with E-state index in [4.69, 9.17) is 4.18 Å². The van der Waals surface area contributed by atoms with Crippen molar-refractivity contribution in [3.63, 3.8) is 0 Å². The quantitative estimate of drug-likeness (QED) is 0.820. The third-order valence-corrected chi connectivity index (χ3v) is 4.94. The molecule has 0 bridgehead atoms. The topological polar surface area (TPSA) is 72.5 Å². The molecule has 0 aliphatic heterocycles. The van der Waals surface area contributed by atoms with Gasteiger partial charge < -0.3 is 9.50 Å². The summed E-state index contributed by atoms with van der Waals surface area (Å²) in [6.45, 7) is 3.12. The molecular weight excluding hydrogens is 370 g/mol. The Bertz CT molecular complexity index is 818. The fourth-order valence-electron chi connectivity index (χ4n) is 1.77. The molecule has 0 aliphatic carbocycles. The summed E-state index contributed by atoms with van der Waals surface area (Å²) in [5, 5.41) is 2.53. The Morgan fingerprint density at radius 1 is 1.18 bits per heavy atom. The van der Waals surface area contributed by atoms with Gasteiger partial charge in [-0.1, -0.05) is 28.1 Å². The second-order valence-corrected chi connectivity index (χ2v) is 7.03. The van der Waals surface area contributed by atoms with Crippen molar-refractivity contribution in [2.45, 2.75) is 18.7 Å². The number of halogens is 1. The van der Waals surface area contributed by atoms with E-state index in [1.165, 1.54) is 25.1 Å². The summed E-state index contributed by atoms with van der Waals surface area (Å²) < 4.78 is 30.7. The summed E-state index contributed by atoms with van der Waals surface area (Å²) in [5.41, 5.74) is 1.08. The second kappa shape index (κ2) is 6.50. The zero-order chi connectivity index (χ0) is 16.3. The molecule has 1 amide bonds. The van der Waals surface area contributed by atoms with Crippen LogP contribution in [0.25, 0.3) is 0 Å². The van der Waals surface area contributed by atoms with Gasteiger partial charge in [-0.3, -0.25) is 4.79 Å². The van der Waals surface area contributed by atoms with Crippen LogP contribution in [0.4, 0.5) is 5.69 Å². The third kappa shape index (κ3) is 3.86. The number of amides is 1. The predicted octanol–water partition coefficient (Wildman–Crippen LogP) is 3.48. The van der Waals surface area contributed by atoms with E-state index >= 15 is 0 Å². The van der Waals surface area contributed by atoms with Gasteiger partial charge in [0.05, 0.1) is 5.69 Å². The zero-order valence-corrected chi connectivity index (χ0v) is 14.4. The van der Waals surface area contributed by atoms with Crippen LogP contribution in [0.15, 0.2) is 51.8 Å². The maximum absolute atomic E-state index is 12.4. The molecule has 0 spiro atoms. The molecule has 7 heteroatoms. The van der Waals surface area contributed by atoms with Crippen LogP contribution < -0.4 is 9.50 Å². The van der Waals surface area contributed by atoms with E-state index in [1.54, 1.807) is 31.2 Å². The maximum atomic E-state index is 12.4. The molecule has 1 N–H and O–H groups in total. The molecule has 0 saturated heterocycles. The molecule has 5 nitrogen and oxygen atoms in total. The van der Waals surface area contributed by atoms with Gasteiger partial charge in [0.1, 0.15) is 4.90 Å². The SMILES string of the molecule is CC(=O)Nc1ccccc1OS(=O)(=O)c1ccc(Br)c(C)c1. The van der Waals surface area contributed by atoms with Gasteiger partial charge >= 0.3 is 10.1 Å². The molecule has 0 heterocycles. The summed E-state index contributed by atoms with van der Waals surface area (Å²) in [6.07, 6.45) is 0. The molecule has 0 fully saturated rings. The van der Waals surface area contributed by atoms with Crippen molar-refractivity contribution < 1.29 is 17.4 Å². The minimum absolute atomic E-state index is 0.0471. The van der Waals surface area contributed by atoms with Crippen molar-refractivity contribution in [2.75, 3.05) is 5.32 Å². The molecule has 0 aliphatic rings. The Kier molecular flexibility index (Phi) is 4.87. The highest BCUT2D eigenvalue weighted by molar-refractivity contribution is 9.10. The molecule has 0 saturated carbocycles. The van der Waals surface area contributed by atoms with Gasteiger partial charge in [-0.2, -0.15) is 8.42 Å². The van der Waals surface area contributed by atoms with Gasteiger partial charge in [-0.05, 0) is 42.8 Å². The number of nitrogens with one attached hydrogen (secondary N) is 1. The van der Waals surface area contributed by atoms with E-state index in [-0.39, 0.29) is 16.6 Å². The average Bonchev–Trinajstić information content (AvgIpc) is 2.43. The van der Waals surface area contributed by atoms with Crippen LogP contribution in [0, 0.1) is 6.92 Å². The van der Waals surface area contributed by atoms with E-state index in [1.807, 2.05) is 0 Å². The second-order valence-electron chi connectivity index (χ2n) is 4.63. The van der Waals surface area contributed by atoms with Gasteiger partial charge in [0.25, 0.3) is 0 Å². The maximum Gasteiger partial charge on any atom is 0.339 e. The summed E-state index contributed by atoms with van der Waals surface area (Å²) in [7, 11) is -3.98. The molecule has 0 atom stereocenters.